The van der Waals surface area contributed by atoms with E-state index in [9.17, 15) is 14.4 Å². The molecule has 0 spiro atoms. The number of hydrogen-bond acceptors (Lipinski definition) is 7. The van der Waals surface area contributed by atoms with Gasteiger partial charge in [-0.2, -0.15) is 0 Å². The van der Waals surface area contributed by atoms with Crippen LogP contribution in [0, 0.1) is 5.92 Å². The molecular weight excluding hydrogens is 536 g/mol. The van der Waals surface area contributed by atoms with Gasteiger partial charge in [0.15, 0.2) is 0 Å². The fraction of sp³-hybridized carbons (Fsp3) is 0.400. The number of para-hydroxylation sites is 1. The molecule has 42 heavy (non-hydrogen) atoms. The normalized spacial score (nSPS) is 19.6. The molecule has 1 N–H and O–H groups in total. The van der Waals surface area contributed by atoms with Crippen molar-refractivity contribution < 1.29 is 19.1 Å². The summed E-state index contributed by atoms with van der Waals surface area (Å²) < 4.78 is 9.53. The van der Waals surface area contributed by atoms with Crippen molar-refractivity contribution >= 4 is 28.6 Å². The topological polar surface area (TPSA) is 127 Å². The van der Waals surface area contributed by atoms with Gasteiger partial charge in [-0.25, -0.2) is 4.68 Å². The number of fused-ring (bicyclic) bond motifs is 5. The molecule has 12 nitrogen and oxygen atoms in total. The Bertz CT molecular complexity index is 1580. The molecule has 2 aromatic heterocycles. The first-order valence-electron chi connectivity index (χ1n) is 14.3. The Morgan fingerprint density at radius 1 is 1.05 bits per heavy atom. The molecule has 2 aliphatic heterocycles. The number of ether oxygens (including phenoxy) is 1. The summed E-state index contributed by atoms with van der Waals surface area (Å²) in [6, 6.07) is 15.6. The van der Waals surface area contributed by atoms with E-state index in [1.54, 1.807) is 9.80 Å². The Labute approximate surface area is 243 Å². The number of rotatable bonds is 4. The third-order valence-electron chi connectivity index (χ3n) is 8.18. The van der Waals surface area contributed by atoms with Crippen molar-refractivity contribution in [2.45, 2.75) is 25.3 Å². The van der Waals surface area contributed by atoms with Gasteiger partial charge in [0.25, 0.3) is 5.91 Å². The van der Waals surface area contributed by atoms with Gasteiger partial charge in [-0.3, -0.25) is 14.4 Å². The van der Waals surface area contributed by atoms with Crippen LogP contribution in [-0.2, 0) is 23.2 Å². The highest BCUT2D eigenvalue weighted by molar-refractivity contribution is 6.07. The third-order valence-corrected chi connectivity index (χ3v) is 8.18. The zero-order valence-corrected chi connectivity index (χ0v) is 23.6. The lowest BCUT2D eigenvalue weighted by atomic mass is 9.88. The summed E-state index contributed by atoms with van der Waals surface area (Å²) in [6.45, 7) is 2.75. The van der Waals surface area contributed by atoms with E-state index in [1.807, 2.05) is 66.3 Å². The van der Waals surface area contributed by atoms with Gasteiger partial charge in [-0.15, -0.1) is 5.10 Å². The summed E-state index contributed by atoms with van der Waals surface area (Å²) in [5.41, 5.74) is 2.59. The Morgan fingerprint density at radius 3 is 2.76 bits per heavy atom. The van der Waals surface area contributed by atoms with E-state index < -0.39 is 5.92 Å². The fourth-order valence-electron chi connectivity index (χ4n) is 5.99. The second-order valence-corrected chi connectivity index (χ2v) is 10.9. The predicted octanol–water partition coefficient (Wildman–Crippen LogP) is 1.84. The third kappa shape index (κ3) is 5.69. The van der Waals surface area contributed by atoms with Crippen molar-refractivity contribution in [1.82, 2.24) is 39.9 Å². The highest BCUT2D eigenvalue weighted by Gasteiger charge is 2.41. The summed E-state index contributed by atoms with van der Waals surface area (Å²) in [6.07, 6.45) is 4.24. The van der Waals surface area contributed by atoms with Crippen LogP contribution in [0.1, 0.15) is 34.7 Å². The van der Waals surface area contributed by atoms with E-state index in [0.29, 0.717) is 63.6 Å². The lowest BCUT2D eigenvalue weighted by Gasteiger charge is -2.25. The van der Waals surface area contributed by atoms with Crippen molar-refractivity contribution in [3.63, 3.8) is 0 Å². The molecule has 218 valence electrons. The maximum Gasteiger partial charge on any atom is 0.256 e. The van der Waals surface area contributed by atoms with E-state index in [1.165, 1.54) is 11.0 Å². The standard InChI is InChI=1S/C30H34N8O4/c1-35-17-26(23-8-2-3-9-27(23)35)30(41)37-18-24-21-6-4-7-22(16-21)42-15-5-12-36(14-11-31-29(40)25(24)19-37)28(39)10-13-38-20-32-33-34-38/h2-4,6-9,16-17,20,24-25H,5,10-15,18-19H2,1H3,(H,31,40)/t24-,25+/m1/s1. The van der Waals surface area contributed by atoms with Crippen LogP contribution < -0.4 is 10.1 Å². The molecule has 1 saturated heterocycles. The highest BCUT2D eigenvalue weighted by Crippen LogP contribution is 2.36. The lowest BCUT2D eigenvalue weighted by molar-refractivity contribution is -0.132. The van der Waals surface area contributed by atoms with Crippen molar-refractivity contribution in [3.05, 3.63) is 72.2 Å². The van der Waals surface area contributed by atoms with Crippen molar-refractivity contribution in [1.29, 1.82) is 0 Å². The van der Waals surface area contributed by atoms with E-state index in [2.05, 4.69) is 20.8 Å². The summed E-state index contributed by atoms with van der Waals surface area (Å²) >= 11 is 0. The minimum atomic E-state index is -0.439. The van der Waals surface area contributed by atoms with Gasteiger partial charge in [0.2, 0.25) is 11.8 Å². The number of aromatic nitrogens is 5. The first-order valence-corrected chi connectivity index (χ1v) is 14.3. The number of nitrogens with one attached hydrogen (secondary N) is 1. The zero-order chi connectivity index (χ0) is 29.1. The monoisotopic (exact) mass is 570 g/mol. The molecule has 0 radical (unpaired) electrons. The SMILES string of the molecule is Cn1cc(C(=O)N2C[C@@H]3C(=O)NCCN(C(=O)CCn4cnnn4)CCCOc4cccc(c4)[C@H]3C2)c2ccccc21. The Hall–Kier alpha value is -4.74. The molecule has 3 amide bonds. The minimum Gasteiger partial charge on any atom is -0.494 e. The van der Waals surface area contributed by atoms with Gasteiger partial charge in [0, 0.05) is 69.2 Å². The number of nitrogens with zero attached hydrogens (tertiary/aromatic N) is 7. The highest BCUT2D eigenvalue weighted by atomic mass is 16.5. The van der Waals surface area contributed by atoms with E-state index in [-0.39, 0.29) is 30.1 Å². The van der Waals surface area contributed by atoms with Crippen LogP contribution in [0.5, 0.6) is 5.75 Å². The average Bonchev–Trinajstić information content (AvgIpc) is 3.76. The van der Waals surface area contributed by atoms with E-state index in [4.69, 9.17) is 4.74 Å². The fourth-order valence-corrected chi connectivity index (χ4v) is 5.99. The molecule has 6 rings (SSSR count). The quantitative estimate of drug-likeness (QED) is 0.397. The van der Waals surface area contributed by atoms with Crippen molar-refractivity contribution in [2.24, 2.45) is 13.0 Å². The molecule has 0 aliphatic carbocycles. The maximum atomic E-state index is 13.8. The zero-order valence-electron chi connectivity index (χ0n) is 23.6. The largest absolute Gasteiger partial charge is 0.494 e. The first kappa shape index (κ1) is 27.4. The second kappa shape index (κ2) is 12.0. The molecule has 12 heteroatoms. The van der Waals surface area contributed by atoms with Gasteiger partial charge in [-0.05, 0) is 40.6 Å². The molecule has 4 heterocycles. The average molecular weight is 571 g/mol. The Balaban J connectivity index is 1.21. The second-order valence-electron chi connectivity index (χ2n) is 10.9. The minimum absolute atomic E-state index is 0.0422. The predicted molar refractivity (Wildman–Crippen MR) is 154 cm³/mol. The number of aryl methyl sites for hydroxylation is 2. The number of likely N-dealkylation sites (tertiary alicyclic amines) is 1. The summed E-state index contributed by atoms with van der Waals surface area (Å²) in [4.78, 5) is 44.0. The molecule has 2 atom stereocenters. The maximum absolute atomic E-state index is 13.8. The molecule has 4 aromatic rings. The van der Waals surface area contributed by atoms with Gasteiger partial charge >= 0.3 is 0 Å². The van der Waals surface area contributed by atoms with Crippen LogP contribution in [0.15, 0.2) is 61.1 Å². The summed E-state index contributed by atoms with van der Waals surface area (Å²) in [5.74, 6) is -0.177. The van der Waals surface area contributed by atoms with E-state index in [0.717, 1.165) is 16.5 Å². The van der Waals surface area contributed by atoms with Crippen LogP contribution in [-0.4, -0.2) is 91.6 Å². The van der Waals surface area contributed by atoms with Crippen LogP contribution in [0.25, 0.3) is 10.9 Å². The van der Waals surface area contributed by atoms with Crippen LogP contribution in [0.2, 0.25) is 0 Å². The molecule has 2 aliphatic rings. The number of hydrogen-bond donors (Lipinski definition) is 1. The smallest absolute Gasteiger partial charge is 0.256 e. The van der Waals surface area contributed by atoms with Gasteiger partial charge in [0.05, 0.1) is 24.6 Å². The van der Waals surface area contributed by atoms with Gasteiger partial charge in [-0.1, -0.05) is 30.3 Å². The Kier molecular flexibility index (Phi) is 7.85. The number of carbonyl (C=O) groups is 3. The number of amides is 3. The molecule has 0 saturated carbocycles. The van der Waals surface area contributed by atoms with Crippen molar-refractivity contribution in [3.8, 4) is 5.75 Å². The van der Waals surface area contributed by atoms with Crippen molar-refractivity contribution in [2.75, 3.05) is 39.3 Å². The van der Waals surface area contributed by atoms with Crippen LogP contribution in [0.4, 0.5) is 0 Å². The van der Waals surface area contributed by atoms with Crippen LogP contribution >= 0.6 is 0 Å². The summed E-state index contributed by atoms with van der Waals surface area (Å²) in [5, 5.41) is 15.0. The first-order chi connectivity index (χ1) is 20.5. The molecular formula is C30H34N8O4. The van der Waals surface area contributed by atoms with Gasteiger partial charge < -0.3 is 24.4 Å². The molecule has 2 bridgehead atoms. The van der Waals surface area contributed by atoms with E-state index >= 15 is 0 Å². The molecule has 2 aromatic carbocycles. The summed E-state index contributed by atoms with van der Waals surface area (Å²) in [7, 11) is 1.93. The Morgan fingerprint density at radius 2 is 1.90 bits per heavy atom. The number of tetrazole rings is 1. The number of carbonyl (C=O) groups excluding carboxylic acids is 3. The molecule has 0 unspecified atom stereocenters. The number of benzene rings is 2. The van der Waals surface area contributed by atoms with Crippen LogP contribution in [0.3, 0.4) is 0 Å². The van der Waals surface area contributed by atoms with Gasteiger partial charge in [0.1, 0.15) is 12.1 Å². The lowest BCUT2D eigenvalue weighted by Crippen LogP contribution is -2.42. The molecule has 1 fully saturated rings.